The van der Waals surface area contributed by atoms with E-state index in [4.69, 9.17) is 4.74 Å². The Bertz CT molecular complexity index is 431. The molecule has 0 aliphatic carbocycles. The van der Waals surface area contributed by atoms with Gasteiger partial charge in [0.1, 0.15) is 0 Å². The fraction of sp³-hybridized carbons (Fsp3) is 0.556. The van der Waals surface area contributed by atoms with E-state index in [-0.39, 0.29) is 0 Å². The van der Waals surface area contributed by atoms with Gasteiger partial charge in [-0.2, -0.15) is 0 Å². The summed E-state index contributed by atoms with van der Waals surface area (Å²) in [7, 11) is 0. The van der Waals surface area contributed by atoms with E-state index in [1.165, 1.54) is 16.7 Å². The lowest BCUT2D eigenvalue weighted by Gasteiger charge is -2.25. The van der Waals surface area contributed by atoms with E-state index < -0.39 is 6.10 Å². The summed E-state index contributed by atoms with van der Waals surface area (Å²) in [6, 6.07) is 6.55. The molecule has 118 valence electrons. The number of hydrogen-bond acceptors (Lipinski definition) is 3. The first-order chi connectivity index (χ1) is 10.1. The molecule has 1 rings (SSSR count). The zero-order valence-electron chi connectivity index (χ0n) is 13.6. The van der Waals surface area contributed by atoms with Crippen molar-refractivity contribution in [2.75, 3.05) is 26.3 Å². The van der Waals surface area contributed by atoms with Crippen LogP contribution in [0.2, 0.25) is 0 Å². The van der Waals surface area contributed by atoms with Gasteiger partial charge in [-0.1, -0.05) is 36.8 Å². The predicted octanol–water partition coefficient (Wildman–Crippen LogP) is 3.08. The molecule has 1 aromatic carbocycles. The number of ether oxygens (including phenoxy) is 1. The van der Waals surface area contributed by atoms with Crippen LogP contribution in [0.1, 0.15) is 30.0 Å². The Morgan fingerprint density at radius 3 is 2.76 bits per heavy atom. The van der Waals surface area contributed by atoms with E-state index in [1.807, 2.05) is 0 Å². The SMILES string of the molecule is C=CCOC[C@H](O)CN(CCC)Cc1ccc(C)cc1C. The van der Waals surface area contributed by atoms with Crippen LogP contribution < -0.4 is 0 Å². The average molecular weight is 291 g/mol. The zero-order valence-corrected chi connectivity index (χ0v) is 13.6. The Morgan fingerprint density at radius 2 is 2.14 bits per heavy atom. The summed E-state index contributed by atoms with van der Waals surface area (Å²) in [4.78, 5) is 2.29. The maximum Gasteiger partial charge on any atom is 0.0900 e. The van der Waals surface area contributed by atoms with Crippen LogP contribution in [0.4, 0.5) is 0 Å². The summed E-state index contributed by atoms with van der Waals surface area (Å²) >= 11 is 0. The number of aliphatic hydroxyl groups is 1. The maximum absolute atomic E-state index is 10.1. The first kappa shape index (κ1) is 17.9. The lowest BCUT2D eigenvalue weighted by Crippen LogP contribution is -2.35. The van der Waals surface area contributed by atoms with Gasteiger partial charge in [-0.15, -0.1) is 6.58 Å². The highest BCUT2D eigenvalue weighted by molar-refractivity contribution is 5.30. The van der Waals surface area contributed by atoms with Crippen molar-refractivity contribution in [2.24, 2.45) is 0 Å². The highest BCUT2D eigenvalue weighted by Gasteiger charge is 2.12. The van der Waals surface area contributed by atoms with Crippen LogP contribution in [0.25, 0.3) is 0 Å². The first-order valence-corrected chi connectivity index (χ1v) is 7.72. The second-order valence-corrected chi connectivity index (χ2v) is 5.65. The molecule has 0 radical (unpaired) electrons. The summed E-state index contributed by atoms with van der Waals surface area (Å²) in [5, 5.41) is 10.1. The van der Waals surface area contributed by atoms with Crippen LogP contribution >= 0.6 is 0 Å². The van der Waals surface area contributed by atoms with E-state index in [0.29, 0.717) is 19.8 Å². The molecule has 0 aromatic heterocycles. The van der Waals surface area contributed by atoms with Gasteiger partial charge in [-0.05, 0) is 37.9 Å². The highest BCUT2D eigenvalue weighted by atomic mass is 16.5. The summed E-state index contributed by atoms with van der Waals surface area (Å²) in [5.74, 6) is 0. The number of hydrogen-bond donors (Lipinski definition) is 1. The van der Waals surface area contributed by atoms with Crippen LogP contribution in [-0.2, 0) is 11.3 Å². The number of aryl methyl sites for hydroxylation is 2. The van der Waals surface area contributed by atoms with Gasteiger partial charge in [-0.3, -0.25) is 4.90 Å². The molecule has 0 aliphatic rings. The summed E-state index contributed by atoms with van der Waals surface area (Å²) < 4.78 is 5.32. The Hall–Kier alpha value is -1.16. The maximum atomic E-state index is 10.1. The van der Waals surface area contributed by atoms with Crippen LogP contribution in [-0.4, -0.2) is 42.4 Å². The minimum absolute atomic E-state index is 0.360. The molecule has 0 amide bonds. The molecule has 3 heteroatoms. The van der Waals surface area contributed by atoms with E-state index >= 15 is 0 Å². The van der Waals surface area contributed by atoms with Crippen LogP contribution in [0, 0.1) is 13.8 Å². The van der Waals surface area contributed by atoms with Crippen LogP contribution in [0.3, 0.4) is 0 Å². The third-order valence-corrected chi connectivity index (χ3v) is 3.45. The smallest absolute Gasteiger partial charge is 0.0900 e. The van der Waals surface area contributed by atoms with Crippen molar-refractivity contribution in [3.63, 3.8) is 0 Å². The van der Waals surface area contributed by atoms with E-state index in [2.05, 4.69) is 50.4 Å². The van der Waals surface area contributed by atoms with Crippen LogP contribution in [0.15, 0.2) is 30.9 Å². The molecular weight excluding hydrogens is 262 g/mol. The van der Waals surface area contributed by atoms with Gasteiger partial charge >= 0.3 is 0 Å². The van der Waals surface area contributed by atoms with Crippen LogP contribution in [0.5, 0.6) is 0 Å². The topological polar surface area (TPSA) is 32.7 Å². The average Bonchev–Trinajstić information content (AvgIpc) is 2.42. The number of rotatable bonds is 10. The second-order valence-electron chi connectivity index (χ2n) is 5.65. The van der Waals surface area contributed by atoms with Gasteiger partial charge in [0.25, 0.3) is 0 Å². The van der Waals surface area contributed by atoms with Crippen molar-refractivity contribution in [1.82, 2.24) is 4.90 Å². The number of benzene rings is 1. The highest BCUT2D eigenvalue weighted by Crippen LogP contribution is 2.13. The standard InChI is InChI=1S/C18H29NO2/c1-5-9-19(13-18(20)14-21-10-6-2)12-17-8-7-15(3)11-16(17)4/h6-8,11,18,20H,2,5,9-10,12-14H2,1,3-4H3/t18-/m1/s1. The normalized spacial score (nSPS) is 12.6. The Balaban J connectivity index is 2.57. The first-order valence-electron chi connectivity index (χ1n) is 7.72. The largest absolute Gasteiger partial charge is 0.389 e. The molecule has 0 unspecified atom stereocenters. The Kier molecular flexibility index (Phi) is 8.28. The Morgan fingerprint density at radius 1 is 1.38 bits per heavy atom. The van der Waals surface area contributed by atoms with Crippen molar-refractivity contribution >= 4 is 0 Å². The molecule has 0 bridgehead atoms. The van der Waals surface area contributed by atoms with Crippen molar-refractivity contribution < 1.29 is 9.84 Å². The zero-order chi connectivity index (χ0) is 15.7. The Labute approximate surface area is 129 Å². The fourth-order valence-electron chi connectivity index (χ4n) is 2.45. The molecule has 1 N–H and O–H groups in total. The predicted molar refractivity (Wildman–Crippen MR) is 88.5 cm³/mol. The fourth-order valence-corrected chi connectivity index (χ4v) is 2.45. The minimum atomic E-state index is -0.456. The third kappa shape index (κ3) is 6.89. The van der Waals surface area contributed by atoms with Gasteiger partial charge in [0.2, 0.25) is 0 Å². The summed E-state index contributed by atoms with van der Waals surface area (Å²) in [6.45, 7) is 13.4. The molecule has 0 saturated carbocycles. The molecule has 0 saturated heterocycles. The van der Waals surface area contributed by atoms with E-state index in [9.17, 15) is 5.11 Å². The lowest BCUT2D eigenvalue weighted by molar-refractivity contribution is 0.0246. The van der Waals surface area contributed by atoms with Gasteiger partial charge < -0.3 is 9.84 Å². The molecule has 21 heavy (non-hydrogen) atoms. The van der Waals surface area contributed by atoms with Gasteiger partial charge in [0.05, 0.1) is 19.3 Å². The molecule has 1 aromatic rings. The molecule has 0 aliphatic heterocycles. The monoisotopic (exact) mass is 291 g/mol. The number of nitrogens with zero attached hydrogens (tertiary/aromatic N) is 1. The lowest BCUT2D eigenvalue weighted by atomic mass is 10.1. The minimum Gasteiger partial charge on any atom is -0.389 e. The molecule has 0 spiro atoms. The summed E-state index contributed by atoms with van der Waals surface area (Å²) in [5.41, 5.74) is 3.93. The van der Waals surface area contributed by atoms with Crippen molar-refractivity contribution in [3.05, 3.63) is 47.5 Å². The van der Waals surface area contributed by atoms with E-state index in [0.717, 1.165) is 19.5 Å². The van der Waals surface area contributed by atoms with Gasteiger partial charge in [-0.25, -0.2) is 0 Å². The second kappa shape index (κ2) is 9.72. The van der Waals surface area contributed by atoms with Crippen molar-refractivity contribution in [2.45, 2.75) is 39.8 Å². The molecular formula is C18H29NO2. The summed E-state index contributed by atoms with van der Waals surface area (Å²) in [6.07, 6.45) is 2.32. The van der Waals surface area contributed by atoms with Gasteiger partial charge in [0, 0.05) is 13.1 Å². The molecule has 0 heterocycles. The third-order valence-electron chi connectivity index (χ3n) is 3.45. The number of aliphatic hydroxyl groups excluding tert-OH is 1. The van der Waals surface area contributed by atoms with Crippen molar-refractivity contribution in [3.8, 4) is 0 Å². The molecule has 1 atom stereocenters. The van der Waals surface area contributed by atoms with Crippen molar-refractivity contribution in [1.29, 1.82) is 0 Å². The molecule has 3 nitrogen and oxygen atoms in total. The molecule has 0 fully saturated rings. The van der Waals surface area contributed by atoms with Gasteiger partial charge in [0.15, 0.2) is 0 Å². The quantitative estimate of drug-likeness (QED) is 0.531. The van der Waals surface area contributed by atoms with E-state index in [1.54, 1.807) is 6.08 Å².